The van der Waals surface area contributed by atoms with Gasteiger partial charge in [0.15, 0.2) is 0 Å². The van der Waals surface area contributed by atoms with Gasteiger partial charge in [0, 0.05) is 12.3 Å². The monoisotopic (exact) mass is 139 g/mol. The molecule has 0 aromatic heterocycles. The van der Waals surface area contributed by atoms with Crippen LogP contribution in [0, 0.1) is 11.8 Å². The molecule has 0 aliphatic carbocycles. The molecule has 0 bridgehead atoms. The summed E-state index contributed by atoms with van der Waals surface area (Å²) in [7, 11) is 0. The molecule has 2 atom stereocenters. The standard InChI is InChI=1S/C9H17N/c1-4-7(2)9-8(3)5-6-10-9/h7-8H,4-6H2,1-3H3. The minimum Gasteiger partial charge on any atom is -0.294 e. The summed E-state index contributed by atoms with van der Waals surface area (Å²) in [5.41, 5.74) is 1.46. The highest BCUT2D eigenvalue weighted by Gasteiger charge is 2.19. The maximum Gasteiger partial charge on any atom is 0.0395 e. The molecule has 0 aromatic carbocycles. The van der Waals surface area contributed by atoms with Gasteiger partial charge in [-0.2, -0.15) is 0 Å². The first kappa shape index (κ1) is 7.77. The van der Waals surface area contributed by atoms with Gasteiger partial charge in [-0.25, -0.2) is 0 Å². The summed E-state index contributed by atoms with van der Waals surface area (Å²) in [6.07, 6.45) is 2.52. The minimum atomic E-state index is 0.720. The lowest BCUT2D eigenvalue weighted by molar-refractivity contribution is 0.670. The summed E-state index contributed by atoms with van der Waals surface area (Å²) in [5, 5.41) is 0. The predicted octanol–water partition coefficient (Wildman–Crippen LogP) is 2.51. The zero-order chi connectivity index (χ0) is 7.56. The average molecular weight is 139 g/mol. The van der Waals surface area contributed by atoms with Crippen molar-refractivity contribution in [3.63, 3.8) is 0 Å². The van der Waals surface area contributed by atoms with Crippen molar-refractivity contribution >= 4 is 5.71 Å². The summed E-state index contributed by atoms with van der Waals surface area (Å²) in [6, 6.07) is 0. The van der Waals surface area contributed by atoms with E-state index in [-0.39, 0.29) is 0 Å². The van der Waals surface area contributed by atoms with E-state index in [9.17, 15) is 0 Å². The predicted molar refractivity (Wildman–Crippen MR) is 45.5 cm³/mol. The van der Waals surface area contributed by atoms with Gasteiger partial charge in [-0.05, 0) is 24.7 Å². The Kier molecular flexibility index (Phi) is 2.47. The van der Waals surface area contributed by atoms with Crippen LogP contribution in [0.25, 0.3) is 0 Å². The molecular formula is C9H17N. The third-order valence-corrected chi connectivity index (χ3v) is 2.48. The summed E-state index contributed by atoms with van der Waals surface area (Å²) in [4.78, 5) is 4.50. The lowest BCUT2D eigenvalue weighted by Gasteiger charge is -2.12. The third-order valence-electron chi connectivity index (χ3n) is 2.48. The highest BCUT2D eigenvalue weighted by Crippen LogP contribution is 2.20. The molecular weight excluding hydrogens is 122 g/mol. The van der Waals surface area contributed by atoms with Crippen molar-refractivity contribution in [3.05, 3.63) is 0 Å². The van der Waals surface area contributed by atoms with Gasteiger partial charge in [-0.1, -0.05) is 20.8 Å². The molecule has 1 heteroatoms. The van der Waals surface area contributed by atoms with Crippen LogP contribution in [0.3, 0.4) is 0 Å². The fourth-order valence-electron chi connectivity index (χ4n) is 1.54. The number of nitrogens with zero attached hydrogens (tertiary/aromatic N) is 1. The van der Waals surface area contributed by atoms with E-state index < -0.39 is 0 Å². The van der Waals surface area contributed by atoms with E-state index in [0.717, 1.165) is 18.4 Å². The van der Waals surface area contributed by atoms with Crippen LogP contribution < -0.4 is 0 Å². The molecule has 1 aliphatic rings. The van der Waals surface area contributed by atoms with E-state index >= 15 is 0 Å². The van der Waals surface area contributed by atoms with E-state index in [2.05, 4.69) is 25.8 Å². The topological polar surface area (TPSA) is 12.4 Å². The van der Waals surface area contributed by atoms with E-state index in [1.807, 2.05) is 0 Å². The first-order valence-electron chi connectivity index (χ1n) is 4.30. The second kappa shape index (κ2) is 3.18. The van der Waals surface area contributed by atoms with Gasteiger partial charge in [0.2, 0.25) is 0 Å². The SMILES string of the molecule is CCC(C)C1=NCCC1C. The van der Waals surface area contributed by atoms with Crippen molar-refractivity contribution in [2.24, 2.45) is 16.8 Å². The molecule has 0 amide bonds. The van der Waals surface area contributed by atoms with Crippen LogP contribution in [0.15, 0.2) is 4.99 Å². The highest BCUT2D eigenvalue weighted by molar-refractivity contribution is 5.89. The molecule has 0 spiro atoms. The van der Waals surface area contributed by atoms with Crippen molar-refractivity contribution in [1.29, 1.82) is 0 Å². The van der Waals surface area contributed by atoms with Gasteiger partial charge >= 0.3 is 0 Å². The molecule has 0 radical (unpaired) electrons. The van der Waals surface area contributed by atoms with Crippen molar-refractivity contribution in [2.75, 3.05) is 6.54 Å². The summed E-state index contributed by atoms with van der Waals surface area (Å²) >= 11 is 0. The Labute approximate surface area is 63.5 Å². The normalized spacial score (nSPS) is 28.3. The second-order valence-corrected chi connectivity index (χ2v) is 3.31. The van der Waals surface area contributed by atoms with Crippen LogP contribution in [0.2, 0.25) is 0 Å². The fourth-order valence-corrected chi connectivity index (χ4v) is 1.54. The van der Waals surface area contributed by atoms with E-state index in [0.29, 0.717) is 0 Å². The smallest absolute Gasteiger partial charge is 0.0395 e. The summed E-state index contributed by atoms with van der Waals surface area (Å²) in [5.74, 6) is 1.48. The Morgan fingerprint density at radius 2 is 2.40 bits per heavy atom. The first-order valence-corrected chi connectivity index (χ1v) is 4.30. The van der Waals surface area contributed by atoms with Crippen LogP contribution in [-0.4, -0.2) is 12.3 Å². The number of aliphatic imine (C=N–C) groups is 1. The Morgan fingerprint density at radius 3 is 2.80 bits per heavy atom. The maximum atomic E-state index is 4.50. The van der Waals surface area contributed by atoms with E-state index in [1.165, 1.54) is 18.6 Å². The Morgan fingerprint density at radius 1 is 1.70 bits per heavy atom. The lowest BCUT2D eigenvalue weighted by atomic mass is 9.93. The molecule has 1 rings (SSSR count). The second-order valence-electron chi connectivity index (χ2n) is 3.31. The molecule has 2 unspecified atom stereocenters. The Hall–Kier alpha value is -0.330. The van der Waals surface area contributed by atoms with E-state index in [4.69, 9.17) is 0 Å². The highest BCUT2D eigenvalue weighted by atomic mass is 14.8. The zero-order valence-corrected chi connectivity index (χ0v) is 7.22. The van der Waals surface area contributed by atoms with Crippen LogP contribution in [0.4, 0.5) is 0 Å². The Balaban J connectivity index is 2.53. The number of rotatable bonds is 2. The minimum absolute atomic E-state index is 0.720. The molecule has 1 nitrogen and oxygen atoms in total. The quantitative estimate of drug-likeness (QED) is 0.557. The van der Waals surface area contributed by atoms with Crippen molar-refractivity contribution in [1.82, 2.24) is 0 Å². The molecule has 0 aromatic rings. The number of hydrogen-bond acceptors (Lipinski definition) is 1. The van der Waals surface area contributed by atoms with Gasteiger partial charge in [0.25, 0.3) is 0 Å². The third kappa shape index (κ3) is 1.39. The largest absolute Gasteiger partial charge is 0.294 e. The van der Waals surface area contributed by atoms with Gasteiger partial charge in [0.1, 0.15) is 0 Å². The first-order chi connectivity index (χ1) is 4.75. The van der Waals surface area contributed by atoms with Crippen molar-refractivity contribution in [3.8, 4) is 0 Å². The van der Waals surface area contributed by atoms with Crippen LogP contribution in [0.5, 0.6) is 0 Å². The maximum absolute atomic E-state index is 4.50. The van der Waals surface area contributed by atoms with Crippen molar-refractivity contribution in [2.45, 2.75) is 33.6 Å². The molecule has 58 valence electrons. The number of hydrogen-bond donors (Lipinski definition) is 0. The van der Waals surface area contributed by atoms with Gasteiger partial charge < -0.3 is 0 Å². The average Bonchev–Trinajstić information content (AvgIpc) is 2.34. The van der Waals surface area contributed by atoms with Crippen LogP contribution in [0.1, 0.15) is 33.6 Å². The molecule has 1 aliphatic heterocycles. The van der Waals surface area contributed by atoms with E-state index in [1.54, 1.807) is 0 Å². The fraction of sp³-hybridized carbons (Fsp3) is 0.889. The molecule has 0 saturated heterocycles. The van der Waals surface area contributed by atoms with Gasteiger partial charge in [-0.3, -0.25) is 4.99 Å². The summed E-state index contributed by atoms with van der Waals surface area (Å²) < 4.78 is 0. The van der Waals surface area contributed by atoms with Crippen LogP contribution in [-0.2, 0) is 0 Å². The molecule has 0 fully saturated rings. The van der Waals surface area contributed by atoms with Gasteiger partial charge in [0.05, 0.1) is 0 Å². The molecule has 10 heavy (non-hydrogen) atoms. The van der Waals surface area contributed by atoms with Gasteiger partial charge in [-0.15, -0.1) is 0 Å². The lowest BCUT2D eigenvalue weighted by Crippen LogP contribution is -2.14. The Bertz CT molecular complexity index is 138. The molecule has 0 saturated carbocycles. The molecule has 1 heterocycles. The summed E-state index contributed by atoms with van der Waals surface area (Å²) in [6.45, 7) is 7.87. The van der Waals surface area contributed by atoms with Crippen molar-refractivity contribution < 1.29 is 0 Å². The molecule has 0 N–H and O–H groups in total. The zero-order valence-electron chi connectivity index (χ0n) is 7.22. The van der Waals surface area contributed by atoms with Crippen LogP contribution >= 0.6 is 0 Å².